The zero-order chi connectivity index (χ0) is 12.3. The number of thiol groups is 1. The van der Waals surface area contributed by atoms with Crippen LogP contribution in [-0.2, 0) is 35.3 Å². The molecule has 1 aromatic rings. The van der Waals surface area contributed by atoms with Gasteiger partial charge >= 0.3 is 26.2 Å². The molecule has 0 amide bonds. The fourth-order valence-electron chi connectivity index (χ4n) is 1.25. The van der Waals surface area contributed by atoms with Crippen molar-refractivity contribution in [1.29, 1.82) is 0 Å². The van der Waals surface area contributed by atoms with Crippen LogP contribution in [0.15, 0.2) is 18.2 Å². The maximum absolute atomic E-state index is 11.2. The predicted octanol–water partition coefficient (Wildman–Crippen LogP) is 1.98. The van der Waals surface area contributed by atoms with Gasteiger partial charge in [-0.25, -0.2) is 12.6 Å². The van der Waals surface area contributed by atoms with Gasteiger partial charge < -0.3 is 21.6 Å². The molecule has 96 valence electrons. The Morgan fingerprint density at radius 1 is 1.56 bits per heavy atom. The van der Waals surface area contributed by atoms with Crippen molar-refractivity contribution in [1.82, 2.24) is 0 Å². The van der Waals surface area contributed by atoms with Gasteiger partial charge in [-0.05, 0) is 35.4 Å². The van der Waals surface area contributed by atoms with E-state index in [0.29, 0.717) is 6.42 Å². The fourth-order valence-corrected chi connectivity index (χ4v) is 2.56. The molecule has 0 heterocycles. The third-order valence-corrected chi connectivity index (χ3v) is 3.79. The summed E-state index contributed by atoms with van der Waals surface area (Å²) in [5, 5.41) is -0.536. The van der Waals surface area contributed by atoms with Crippen molar-refractivity contribution >= 4 is 47.9 Å². The van der Waals surface area contributed by atoms with Gasteiger partial charge in [0.25, 0.3) is 0 Å². The Morgan fingerprint density at radius 2 is 2.11 bits per heavy atom. The van der Waals surface area contributed by atoms with E-state index in [2.05, 4.69) is 12.6 Å². The van der Waals surface area contributed by atoms with Gasteiger partial charge in [-0.2, -0.15) is 0 Å². The topological polar surface area (TPSA) is 114 Å². The Labute approximate surface area is 128 Å². The van der Waals surface area contributed by atoms with E-state index >= 15 is 0 Å². The Bertz CT molecular complexity index is 457. The molecule has 1 rings (SSSR count). The first-order valence-corrected chi connectivity index (χ1v) is 7.40. The maximum Gasteiger partial charge on any atom is 2.00 e. The van der Waals surface area contributed by atoms with Crippen molar-refractivity contribution in [2.75, 3.05) is 5.73 Å². The molecule has 0 fully saturated rings. The van der Waals surface area contributed by atoms with Crippen LogP contribution >= 0.6 is 30.6 Å². The monoisotopic (exact) mass is 358 g/mol. The van der Waals surface area contributed by atoms with Gasteiger partial charge in [0.1, 0.15) is 0 Å². The second-order valence-corrected chi connectivity index (χ2v) is 6.72. The van der Waals surface area contributed by atoms with Gasteiger partial charge in [-0.1, -0.05) is 11.3 Å². The number of hydrogen-bond acceptors (Lipinski definition) is 4. The fraction of sp³-hybridized carbons (Fsp3) is 0.222. The molecular formula is C9H12ClN2O3PSZn. The molecule has 9 heteroatoms. The SMILES string of the molecule is Nc1cc(CC(S)[C-]=O)ccc1P(=O)(O)Cl.[NH2-].[Zn+2]. The molecule has 18 heavy (non-hydrogen) atoms. The van der Waals surface area contributed by atoms with Gasteiger partial charge in [0.15, 0.2) is 0 Å². The third-order valence-electron chi connectivity index (χ3n) is 1.95. The Balaban J connectivity index is 0. The number of nitrogens with two attached hydrogens (primary N) is 2. The van der Waals surface area contributed by atoms with Gasteiger partial charge in [0, 0.05) is 5.69 Å². The van der Waals surface area contributed by atoms with E-state index in [4.69, 9.17) is 21.9 Å². The molecule has 0 aliphatic carbocycles. The minimum Gasteiger partial charge on any atom is -0.693 e. The normalized spacial score (nSPS) is 14.6. The van der Waals surface area contributed by atoms with Crippen LogP contribution in [-0.4, -0.2) is 16.4 Å². The molecule has 2 atom stereocenters. The zero-order valence-corrected chi connectivity index (χ0v) is 14.9. The van der Waals surface area contributed by atoms with Crippen molar-refractivity contribution in [3.63, 3.8) is 0 Å². The second kappa shape index (κ2) is 8.31. The summed E-state index contributed by atoms with van der Waals surface area (Å²) in [6.07, 6.45) is 2.08. The summed E-state index contributed by atoms with van der Waals surface area (Å²) in [5.41, 5.74) is 6.45. The molecular weight excluding hydrogens is 348 g/mol. The van der Waals surface area contributed by atoms with E-state index in [-0.39, 0.29) is 36.6 Å². The van der Waals surface area contributed by atoms with E-state index in [1.54, 1.807) is 12.4 Å². The van der Waals surface area contributed by atoms with Crippen molar-refractivity contribution < 1.29 is 33.7 Å². The van der Waals surface area contributed by atoms with Crippen molar-refractivity contribution in [3.8, 4) is 0 Å². The molecule has 5 N–H and O–H groups in total. The van der Waals surface area contributed by atoms with E-state index in [9.17, 15) is 9.36 Å². The van der Waals surface area contributed by atoms with Gasteiger partial charge in [-0.3, -0.25) is 10.9 Å². The summed E-state index contributed by atoms with van der Waals surface area (Å²) in [6, 6.07) is 4.46. The average Bonchev–Trinajstić information content (AvgIpc) is 2.15. The molecule has 5 nitrogen and oxygen atoms in total. The Hall–Kier alpha value is 0.103. The van der Waals surface area contributed by atoms with Crippen molar-refractivity contribution in [2.45, 2.75) is 11.7 Å². The minimum absolute atomic E-state index is 0. The number of benzene rings is 1. The average molecular weight is 360 g/mol. The molecule has 0 saturated carbocycles. The number of nitrogen functional groups attached to an aromatic ring is 1. The van der Waals surface area contributed by atoms with Crippen molar-refractivity contribution in [3.05, 3.63) is 29.9 Å². The first kappa shape index (κ1) is 20.4. The van der Waals surface area contributed by atoms with Crippen LogP contribution in [0.1, 0.15) is 5.56 Å². The molecule has 0 aliphatic heterocycles. The summed E-state index contributed by atoms with van der Waals surface area (Å²) < 4.78 is 11.2. The maximum atomic E-state index is 11.2. The van der Waals surface area contributed by atoms with Crippen LogP contribution in [0, 0.1) is 0 Å². The van der Waals surface area contributed by atoms with Crippen LogP contribution in [0.4, 0.5) is 5.69 Å². The Kier molecular flexibility index (Phi) is 9.43. The standard InChI is InChI=1S/C9H10ClNO3PS.H2N.Zn/c10-15(13,14)9-2-1-6(4-8(9)11)3-7(16)5-12;;/h1-2,4,7,16H,3,11H2,(H,13,14);1H2;/q2*-1;+2. The molecule has 0 radical (unpaired) electrons. The summed E-state index contributed by atoms with van der Waals surface area (Å²) in [4.78, 5) is 19.4. The van der Waals surface area contributed by atoms with Gasteiger partial charge in [0.2, 0.25) is 0 Å². The molecule has 2 unspecified atom stereocenters. The van der Waals surface area contributed by atoms with Crippen LogP contribution in [0.5, 0.6) is 0 Å². The summed E-state index contributed by atoms with van der Waals surface area (Å²) in [5.74, 6) is 0. The smallest absolute Gasteiger partial charge is 0.693 e. The zero-order valence-electron chi connectivity index (χ0n) is 9.41. The summed E-state index contributed by atoms with van der Waals surface area (Å²) >= 11 is 9.27. The molecule has 0 bridgehead atoms. The molecule has 1 aromatic carbocycles. The molecule has 0 saturated heterocycles. The summed E-state index contributed by atoms with van der Waals surface area (Å²) in [6.45, 7) is -3.87. The van der Waals surface area contributed by atoms with Crippen LogP contribution in [0.3, 0.4) is 0 Å². The number of halogens is 1. The minimum atomic E-state index is -3.87. The molecule has 0 aliphatic rings. The number of rotatable bonds is 4. The second-order valence-electron chi connectivity index (χ2n) is 3.23. The van der Waals surface area contributed by atoms with E-state index in [1.165, 1.54) is 12.1 Å². The number of hydrogen-bond donors (Lipinski definition) is 3. The van der Waals surface area contributed by atoms with E-state index in [0.717, 1.165) is 5.56 Å². The van der Waals surface area contributed by atoms with E-state index in [1.807, 2.05) is 0 Å². The predicted molar refractivity (Wildman–Crippen MR) is 73.6 cm³/mol. The number of carbonyl (C=O) groups excluding carboxylic acids is 1. The van der Waals surface area contributed by atoms with Crippen LogP contribution in [0.25, 0.3) is 6.15 Å². The molecule has 0 spiro atoms. The Morgan fingerprint density at radius 3 is 2.50 bits per heavy atom. The van der Waals surface area contributed by atoms with Crippen molar-refractivity contribution in [2.24, 2.45) is 0 Å². The van der Waals surface area contributed by atoms with E-state index < -0.39 is 12.0 Å². The third kappa shape index (κ3) is 5.83. The first-order valence-electron chi connectivity index (χ1n) is 4.31. The first-order chi connectivity index (χ1) is 7.34. The van der Waals surface area contributed by atoms with Crippen LogP contribution < -0.4 is 11.0 Å². The summed E-state index contributed by atoms with van der Waals surface area (Å²) in [7, 11) is 0. The van der Waals surface area contributed by atoms with Gasteiger partial charge in [-0.15, -0.1) is 0 Å². The largest absolute Gasteiger partial charge is 2.00 e. The van der Waals surface area contributed by atoms with Crippen LogP contribution in [0.2, 0.25) is 0 Å². The quantitative estimate of drug-likeness (QED) is 0.250. The molecule has 0 aromatic heterocycles. The number of anilines is 1. The van der Waals surface area contributed by atoms with Gasteiger partial charge in [0.05, 0.1) is 5.30 Å².